The maximum absolute atomic E-state index is 5.42. The molecular weight excluding hydrogens is 184 g/mol. The van der Waals surface area contributed by atoms with E-state index in [4.69, 9.17) is 5.73 Å². The van der Waals surface area contributed by atoms with Gasteiger partial charge >= 0.3 is 0 Å². The summed E-state index contributed by atoms with van der Waals surface area (Å²) in [5.41, 5.74) is 5.42. The molecule has 0 fully saturated rings. The smallest absolute Gasteiger partial charge is 0.216 e. The van der Waals surface area contributed by atoms with Crippen molar-refractivity contribution in [2.45, 2.75) is 6.42 Å². The van der Waals surface area contributed by atoms with Crippen molar-refractivity contribution in [1.29, 1.82) is 0 Å². The summed E-state index contributed by atoms with van der Waals surface area (Å²) in [6, 6.07) is 4.01. The lowest BCUT2D eigenvalue weighted by atomic mass is 10.3. The first-order valence-corrected chi connectivity index (χ1v) is 4.67. The first-order valence-electron chi connectivity index (χ1n) is 3.86. The topological polar surface area (TPSA) is 67.6 Å². The number of rotatable bonds is 2. The van der Waals surface area contributed by atoms with Crippen LogP contribution in [0.3, 0.4) is 0 Å². The lowest BCUT2D eigenvalue weighted by molar-refractivity contribution is 1.11. The number of anilines is 1. The molecule has 13 heavy (non-hydrogen) atoms. The first-order chi connectivity index (χ1) is 6.29. The highest BCUT2D eigenvalue weighted by molar-refractivity contribution is 7.15. The summed E-state index contributed by atoms with van der Waals surface area (Å²) in [5.74, 6) is 1.00. The second kappa shape index (κ2) is 3.18. The number of H-pyrrole nitrogens is 1. The van der Waals surface area contributed by atoms with E-state index < -0.39 is 0 Å². The molecule has 1 radical (unpaired) electrons. The van der Waals surface area contributed by atoms with Crippen molar-refractivity contribution in [1.82, 2.24) is 15.2 Å². The van der Waals surface area contributed by atoms with Gasteiger partial charge in [0.25, 0.3) is 0 Å². The van der Waals surface area contributed by atoms with Crippen LogP contribution >= 0.6 is 11.3 Å². The van der Waals surface area contributed by atoms with E-state index in [-0.39, 0.29) is 0 Å². The zero-order valence-corrected chi connectivity index (χ0v) is 7.77. The van der Waals surface area contributed by atoms with Crippen molar-refractivity contribution in [2.75, 3.05) is 5.73 Å². The summed E-state index contributed by atoms with van der Waals surface area (Å²) in [6.07, 6.45) is 0.796. The largest absolute Gasteiger partial charge is 0.368 e. The molecule has 0 amide bonds. The standard InChI is InChI=1S/C8H9N4S/c1-2-5-3-4-6(13-5)7-10-8(9)12-11-7/h3-4H,1-2H2,(H3,9,10,11,12). The van der Waals surface area contributed by atoms with E-state index in [1.165, 1.54) is 4.88 Å². The number of aromatic nitrogens is 3. The number of nitrogens with two attached hydrogens (primary N) is 1. The quantitative estimate of drug-likeness (QED) is 0.759. The van der Waals surface area contributed by atoms with Gasteiger partial charge in [0.2, 0.25) is 5.95 Å². The van der Waals surface area contributed by atoms with Gasteiger partial charge in [0.1, 0.15) is 0 Å². The van der Waals surface area contributed by atoms with Gasteiger partial charge in [-0.3, -0.25) is 0 Å². The summed E-state index contributed by atoms with van der Waals surface area (Å²) in [7, 11) is 0. The Bertz CT molecular complexity index is 404. The van der Waals surface area contributed by atoms with Crippen LogP contribution < -0.4 is 5.73 Å². The second-order valence-corrected chi connectivity index (χ2v) is 3.73. The van der Waals surface area contributed by atoms with E-state index in [2.05, 4.69) is 22.1 Å². The van der Waals surface area contributed by atoms with Crippen LogP contribution in [0.5, 0.6) is 0 Å². The molecule has 0 saturated heterocycles. The molecule has 2 rings (SSSR count). The van der Waals surface area contributed by atoms with Gasteiger partial charge in [0.15, 0.2) is 5.82 Å². The Kier molecular flexibility index (Phi) is 2.02. The predicted octanol–water partition coefficient (Wildman–Crippen LogP) is 1.49. The molecule has 2 aromatic rings. The lowest BCUT2D eigenvalue weighted by Crippen LogP contribution is -1.84. The van der Waals surface area contributed by atoms with Crippen LogP contribution in [-0.2, 0) is 6.42 Å². The van der Waals surface area contributed by atoms with Gasteiger partial charge in [-0.2, -0.15) is 10.1 Å². The first kappa shape index (κ1) is 8.25. The molecule has 0 aliphatic carbocycles. The maximum atomic E-state index is 5.42. The summed E-state index contributed by atoms with van der Waals surface area (Å²) < 4.78 is 0. The zero-order valence-electron chi connectivity index (χ0n) is 6.95. The zero-order chi connectivity index (χ0) is 9.26. The summed E-state index contributed by atoms with van der Waals surface area (Å²) in [4.78, 5) is 6.27. The van der Waals surface area contributed by atoms with Gasteiger partial charge in [-0.1, -0.05) is 0 Å². The number of nitrogens with zero attached hydrogens (tertiary/aromatic N) is 2. The van der Waals surface area contributed by atoms with Crippen molar-refractivity contribution in [3.63, 3.8) is 0 Å². The fraction of sp³-hybridized carbons (Fsp3) is 0.125. The number of hydrogen-bond acceptors (Lipinski definition) is 4. The Labute approximate surface area is 79.8 Å². The van der Waals surface area contributed by atoms with Gasteiger partial charge in [-0.25, -0.2) is 5.10 Å². The molecule has 0 spiro atoms. The van der Waals surface area contributed by atoms with Gasteiger partial charge in [-0.05, 0) is 25.5 Å². The van der Waals surface area contributed by atoms with Crippen LogP contribution in [0.1, 0.15) is 4.88 Å². The third-order valence-electron chi connectivity index (χ3n) is 1.63. The molecule has 0 aromatic carbocycles. The molecule has 5 heteroatoms. The molecule has 0 saturated carbocycles. The molecule has 0 bridgehead atoms. The predicted molar refractivity (Wildman–Crippen MR) is 53.2 cm³/mol. The van der Waals surface area contributed by atoms with Crippen molar-refractivity contribution < 1.29 is 0 Å². The Morgan fingerprint density at radius 2 is 2.38 bits per heavy atom. The van der Waals surface area contributed by atoms with Crippen LogP contribution in [0.15, 0.2) is 12.1 Å². The number of nitrogen functional groups attached to an aromatic ring is 1. The maximum Gasteiger partial charge on any atom is 0.216 e. The molecule has 2 aromatic heterocycles. The lowest BCUT2D eigenvalue weighted by Gasteiger charge is -1.85. The fourth-order valence-electron chi connectivity index (χ4n) is 1.02. The van der Waals surface area contributed by atoms with Crippen LogP contribution in [0.2, 0.25) is 0 Å². The summed E-state index contributed by atoms with van der Waals surface area (Å²) in [5, 5.41) is 6.56. The molecule has 0 atom stereocenters. The van der Waals surface area contributed by atoms with Crippen molar-refractivity contribution in [3.8, 4) is 10.7 Å². The summed E-state index contributed by atoms with van der Waals surface area (Å²) in [6.45, 7) is 3.81. The van der Waals surface area contributed by atoms with Crippen molar-refractivity contribution in [2.24, 2.45) is 0 Å². The Morgan fingerprint density at radius 3 is 2.92 bits per heavy atom. The average molecular weight is 193 g/mol. The monoisotopic (exact) mass is 193 g/mol. The molecular formula is C8H9N4S. The van der Waals surface area contributed by atoms with Crippen LogP contribution in [-0.4, -0.2) is 15.2 Å². The molecule has 4 nitrogen and oxygen atoms in total. The molecule has 0 aliphatic heterocycles. The molecule has 67 valence electrons. The Morgan fingerprint density at radius 1 is 1.54 bits per heavy atom. The Balaban J connectivity index is 2.35. The number of aromatic amines is 1. The van der Waals surface area contributed by atoms with Crippen LogP contribution in [0.4, 0.5) is 5.95 Å². The molecule has 3 N–H and O–H groups in total. The van der Waals surface area contributed by atoms with Crippen molar-refractivity contribution >= 4 is 17.3 Å². The average Bonchev–Trinajstić information content (AvgIpc) is 2.71. The van der Waals surface area contributed by atoms with Gasteiger partial charge < -0.3 is 5.73 Å². The van der Waals surface area contributed by atoms with E-state index in [0.717, 1.165) is 11.3 Å². The highest BCUT2D eigenvalue weighted by atomic mass is 32.1. The number of hydrogen-bond donors (Lipinski definition) is 2. The number of thiophene rings is 1. The Hall–Kier alpha value is -1.36. The number of nitrogens with one attached hydrogen (secondary N) is 1. The molecule has 0 unspecified atom stereocenters. The third kappa shape index (κ3) is 1.55. The molecule has 0 aliphatic rings. The van der Waals surface area contributed by atoms with Crippen LogP contribution in [0, 0.1) is 6.92 Å². The molecule has 2 heterocycles. The third-order valence-corrected chi connectivity index (χ3v) is 2.77. The van der Waals surface area contributed by atoms with Crippen molar-refractivity contribution in [3.05, 3.63) is 23.9 Å². The van der Waals surface area contributed by atoms with E-state index in [1.54, 1.807) is 11.3 Å². The SMILES string of the molecule is [CH2]Cc1ccc(-c2n[nH]c(N)n2)s1. The minimum Gasteiger partial charge on any atom is -0.368 e. The fourth-order valence-corrected chi connectivity index (χ4v) is 1.86. The second-order valence-electron chi connectivity index (χ2n) is 2.56. The van der Waals surface area contributed by atoms with E-state index in [9.17, 15) is 0 Å². The minimum absolute atomic E-state index is 0.347. The summed E-state index contributed by atoms with van der Waals surface area (Å²) >= 11 is 1.64. The highest BCUT2D eigenvalue weighted by Crippen LogP contribution is 2.25. The van der Waals surface area contributed by atoms with E-state index in [0.29, 0.717) is 11.8 Å². The minimum atomic E-state index is 0.347. The van der Waals surface area contributed by atoms with E-state index in [1.807, 2.05) is 12.1 Å². The van der Waals surface area contributed by atoms with Gasteiger partial charge in [-0.15, -0.1) is 11.3 Å². The normalized spacial score (nSPS) is 10.5. The van der Waals surface area contributed by atoms with Gasteiger partial charge in [0, 0.05) is 4.88 Å². The van der Waals surface area contributed by atoms with E-state index >= 15 is 0 Å². The highest BCUT2D eigenvalue weighted by Gasteiger charge is 2.06. The van der Waals surface area contributed by atoms with Gasteiger partial charge in [0.05, 0.1) is 4.88 Å². The van der Waals surface area contributed by atoms with Crippen LogP contribution in [0.25, 0.3) is 10.7 Å².